The van der Waals surface area contributed by atoms with Crippen LogP contribution in [0, 0.1) is 0 Å². The van der Waals surface area contributed by atoms with Crippen molar-refractivity contribution < 1.29 is 43.9 Å². The van der Waals surface area contributed by atoms with Crippen LogP contribution < -0.4 is 5.72 Å². The normalized spacial score (nSPS) is 46.5. The fraction of sp³-hybridized carbons (Fsp3) is 0.500. The second kappa shape index (κ2) is 5.54. The molecule has 0 unspecified atom stereocenters. The molecule has 2 aromatic rings. The summed E-state index contributed by atoms with van der Waals surface area (Å²) in [5, 5.41) is 3.96. The van der Waals surface area contributed by atoms with Gasteiger partial charge in [0.05, 0.1) is 25.8 Å². The lowest BCUT2D eigenvalue weighted by Crippen LogP contribution is -2.25. The topological polar surface area (TPSA) is 166 Å². The Hall–Kier alpha value is -1.62. The minimum Gasteiger partial charge on any atom is -0.390 e. The fourth-order valence-corrected chi connectivity index (χ4v) is 1.66. The van der Waals surface area contributed by atoms with Crippen LogP contribution in [0.5, 0.6) is 0 Å². The third-order valence-electron chi connectivity index (χ3n) is 2.29. The molecule has 0 spiro atoms. The van der Waals surface area contributed by atoms with Crippen molar-refractivity contribution in [2.75, 3.05) is 12.3 Å². The Bertz CT molecular complexity index is 1200. The van der Waals surface area contributed by atoms with E-state index in [0.717, 1.165) is 0 Å². The Morgan fingerprint density at radius 3 is 3.36 bits per heavy atom. The third-order valence-corrected chi connectivity index (χ3v) is 2.62. The summed E-state index contributed by atoms with van der Waals surface area (Å²) in [4.78, 5) is 28.6. The number of phosphoric acid groups is 1. The number of nitrogens with zero attached hydrogens (tertiary/aromatic N) is 4. The molecule has 0 aromatic carbocycles. The molecule has 3 atom stereocenters. The molecule has 3 heterocycles. The van der Waals surface area contributed by atoms with Crippen molar-refractivity contribution in [3.05, 3.63) is 12.6 Å². The van der Waals surface area contributed by atoms with Crippen molar-refractivity contribution in [3.8, 4) is 0 Å². The van der Waals surface area contributed by atoms with Gasteiger partial charge >= 0.3 is 7.82 Å². The average molecular weight is 343 g/mol. The van der Waals surface area contributed by atoms with E-state index in [2.05, 4.69) is 24.6 Å². The average Bonchev–Trinajstić information content (AvgIpc) is 3.04. The lowest BCUT2D eigenvalue weighted by molar-refractivity contribution is -0.0424. The Labute approximate surface area is 141 Å². The monoisotopic (exact) mass is 343 g/mol. The summed E-state index contributed by atoms with van der Waals surface area (Å²) in [6.07, 6.45) is -17.4. The predicted molar refractivity (Wildman–Crippen MR) is 72.3 cm³/mol. The number of hydrogen-bond acceptors (Lipinski definition) is 8. The van der Waals surface area contributed by atoms with Crippen LogP contribution in [0.1, 0.15) is 24.9 Å². The first-order valence-electron chi connectivity index (χ1n) is 11.1. The minimum absolute atomic E-state index is 0.112. The maximum absolute atomic E-state index is 11.2. The number of rotatable bonds is 6. The molecule has 120 valence electrons. The van der Waals surface area contributed by atoms with Gasteiger partial charge in [-0.2, -0.15) is 0 Å². The molecule has 1 fully saturated rings. The van der Waals surface area contributed by atoms with Gasteiger partial charge in [0.15, 0.2) is 14.3 Å². The number of nitrogens with two attached hydrogens (primary N) is 1. The second-order valence-corrected chi connectivity index (χ2v) is 4.90. The molecular formula is C10H14N5O6P. The molecule has 12 heteroatoms. The van der Waals surface area contributed by atoms with E-state index in [1.807, 2.05) is 0 Å². The molecule has 1 aliphatic heterocycles. The number of phosphoric ester groups is 1. The summed E-state index contributed by atoms with van der Waals surface area (Å²) in [5.41, 5.74) is -1.53. The second-order valence-electron chi connectivity index (χ2n) is 3.74. The molecule has 1 saturated heterocycles. The number of imidazole rings is 1. The number of hydrogen-bond donors (Lipinski definition) is 4. The molecule has 0 radical (unpaired) electrons. The molecule has 0 aliphatic carbocycles. The first kappa shape index (κ1) is 6.48. The van der Waals surface area contributed by atoms with E-state index >= 15 is 0 Å². The van der Waals surface area contributed by atoms with E-state index in [0.29, 0.717) is 0 Å². The van der Waals surface area contributed by atoms with Gasteiger partial charge in [0, 0.05) is 9.11 Å². The van der Waals surface area contributed by atoms with Gasteiger partial charge in [0.2, 0.25) is 1.43 Å². The molecule has 0 bridgehead atoms. The molecule has 2 aromatic heterocycles. The van der Waals surface area contributed by atoms with Gasteiger partial charge in [-0.3, -0.25) is 9.09 Å². The van der Waals surface area contributed by atoms with E-state index in [1.54, 1.807) is 0 Å². The van der Waals surface area contributed by atoms with Gasteiger partial charge in [-0.15, -0.1) is 0 Å². The van der Waals surface area contributed by atoms with Gasteiger partial charge < -0.3 is 25.4 Å². The lowest BCUT2D eigenvalue weighted by atomic mass is 10.2. The highest BCUT2D eigenvalue weighted by molar-refractivity contribution is 7.46. The minimum atomic E-state index is -5.77. The molecule has 3 rings (SSSR count). The standard InChI is InChI=1S/C10H14N5O6P/c11-9-8-10(13-3-12-9)15(4-14-8)7-1-5(16)6(21-7)2-20-22(17,18)19/h3-7,16H,1-2H2,(H2,11,12,13)(H2,17,18,19)/t5-,6+,7+/m0/s1/i1D2,2D2,3D,4D,5D,6D,7D,16D/hD2. The highest BCUT2D eigenvalue weighted by Crippen LogP contribution is 2.38. The van der Waals surface area contributed by atoms with Crippen molar-refractivity contribution in [2.45, 2.75) is 24.7 Å². The first-order valence-corrected chi connectivity index (χ1v) is 6.85. The number of aromatic nitrogens is 4. The van der Waals surface area contributed by atoms with Gasteiger partial charge in [-0.05, 0) is 0 Å². The largest absolute Gasteiger partial charge is 0.469 e. The van der Waals surface area contributed by atoms with Crippen molar-refractivity contribution in [1.29, 1.82) is 1.43 Å². The van der Waals surface area contributed by atoms with Crippen molar-refractivity contribution in [2.24, 2.45) is 0 Å². The van der Waals surface area contributed by atoms with Crippen molar-refractivity contribution in [1.82, 2.24) is 19.5 Å². The Balaban J connectivity index is 2.37. The smallest absolute Gasteiger partial charge is 0.390 e. The summed E-state index contributed by atoms with van der Waals surface area (Å²) in [5.74, 6) is -0.699. The molecule has 5 N–H and O–H groups in total. The summed E-state index contributed by atoms with van der Waals surface area (Å²) < 4.78 is 115. The fourth-order valence-electron chi connectivity index (χ4n) is 1.46. The number of anilines is 1. The van der Waals surface area contributed by atoms with E-state index in [4.69, 9.17) is 31.1 Å². The zero-order chi connectivity index (χ0) is 26.3. The van der Waals surface area contributed by atoms with E-state index in [-0.39, 0.29) is 10.3 Å². The number of fused-ring (bicyclic) bond motifs is 1. The summed E-state index contributed by atoms with van der Waals surface area (Å²) in [6.45, 7) is -4.11. The maximum Gasteiger partial charge on any atom is 0.469 e. The molecule has 22 heavy (non-hydrogen) atoms. The van der Waals surface area contributed by atoms with Crippen LogP contribution >= 0.6 is 7.82 Å². The van der Waals surface area contributed by atoms with E-state index < -0.39 is 68.7 Å². The van der Waals surface area contributed by atoms with Crippen LogP contribution in [-0.2, 0) is 13.8 Å². The Morgan fingerprint density at radius 2 is 2.64 bits per heavy atom. The van der Waals surface area contributed by atoms with E-state index in [1.165, 1.54) is 0 Å². The van der Waals surface area contributed by atoms with Crippen LogP contribution in [0.15, 0.2) is 12.6 Å². The summed E-state index contributed by atoms with van der Waals surface area (Å²) >= 11 is 0. The number of nitrogen functional groups attached to an aromatic ring is 1. The Kier molecular flexibility index (Phi) is 1.63. The zero-order valence-electron chi connectivity index (χ0n) is 22.2. The SMILES string of the molecule is [2H]O[C@@]1([2H])C([2H])([2H])[C@]([2H])(n2c([2H])nc3c(N([2H])[2H])nc([2H])nc32)O[C@]1([2H])C([2H])([2H])OP(=O)(O)O. The first-order chi connectivity index (χ1) is 15.2. The van der Waals surface area contributed by atoms with Crippen molar-refractivity contribution in [3.63, 3.8) is 0 Å². The number of ether oxygens (including phenoxy) is 1. The zero-order valence-corrected chi connectivity index (χ0v) is 11.1. The molecule has 11 nitrogen and oxygen atoms in total. The highest BCUT2D eigenvalue weighted by Gasteiger charge is 2.37. The molecule has 0 amide bonds. The van der Waals surface area contributed by atoms with Crippen LogP contribution in [0.3, 0.4) is 0 Å². The van der Waals surface area contributed by atoms with Crippen LogP contribution in [-0.4, -0.2) is 54.6 Å². The van der Waals surface area contributed by atoms with E-state index in [9.17, 15) is 4.57 Å². The lowest BCUT2D eigenvalue weighted by Gasteiger charge is -2.16. The summed E-state index contributed by atoms with van der Waals surface area (Å²) in [7, 11) is -5.77. The quantitative estimate of drug-likeness (QED) is 0.486. The van der Waals surface area contributed by atoms with Gasteiger partial charge in [-0.25, -0.2) is 19.5 Å². The highest BCUT2D eigenvalue weighted by atomic mass is 31.2. The summed E-state index contributed by atoms with van der Waals surface area (Å²) in [6, 6.07) is 0. The molecular weight excluding hydrogens is 317 g/mol. The molecule has 0 saturated carbocycles. The van der Waals surface area contributed by atoms with Crippen LogP contribution in [0.2, 0.25) is 2.82 Å². The van der Waals surface area contributed by atoms with Gasteiger partial charge in [0.25, 0.3) is 0 Å². The molecule has 1 aliphatic rings. The van der Waals surface area contributed by atoms with Gasteiger partial charge in [0.1, 0.15) is 26.8 Å². The van der Waals surface area contributed by atoms with Crippen LogP contribution in [0.25, 0.3) is 11.2 Å². The number of aliphatic hydroxyl groups is 1. The Morgan fingerprint density at radius 1 is 1.77 bits per heavy atom. The van der Waals surface area contributed by atoms with Gasteiger partial charge in [-0.1, -0.05) is 0 Å². The third kappa shape index (κ3) is 2.95. The maximum atomic E-state index is 11.2. The predicted octanol–water partition coefficient (Wildman–Crippen LogP) is -0.834. The van der Waals surface area contributed by atoms with Crippen LogP contribution in [0.4, 0.5) is 5.82 Å². The van der Waals surface area contributed by atoms with Crippen molar-refractivity contribution >= 4 is 24.8 Å².